The number of benzene rings is 3. The molecule has 1 N–H and O–H groups in total. The van der Waals surface area contributed by atoms with Crippen molar-refractivity contribution in [3.05, 3.63) is 88.0 Å². The number of nitrogens with zero attached hydrogens (tertiary/aromatic N) is 2. The van der Waals surface area contributed by atoms with Crippen molar-refractivity contribution in [1.29, 1.82) is 0 Å². The van der Waals surface area contributed by atoms with Gasteiger partial charge in [-0.15, -0.1) is 0 Å². The van der Waals surface area contributed by atoms with Gasteiger partial charge in [-0.2, -0.15) is 5.10 Å². The maximum Gasteiger partial charge on any atom is 0.278 e. The van der Waals surface area contributed by atoms with Crippen LogP contribution in [0.1, 0.15) is 15.9 Å². The van der Waals surface area contributed by atoms with Crippen LogP contribution in [0.2, 0.25) is 0 Å². The fourth-order valence-corrected chi connectivity index (χ4v) is 2.41. The summed E-state index contributed by atoms with van der Waals surface area (Å²) in [5.41, 5.74) is 3.16. The molecule has 0 radical (unpaired) electrons. The van der Waals surface area contributed by atoms with E-state index in [4.69, 9.17) is 0 Å². The maximum atomic E-state index is 12.3. The Balaban J connectivity index is 1.82. The van der Waals surface area contributed by atoms with Gasteiger partial charge in [-0.3, -0.25) is 14.9 Å². The van der Waals surface area contributed by atoms with Crippen molar-refractivity contribution in [3.8, 4) is 0 Å². The van der Waals surface area contributed by atoms with Crippen LogP contribution >= 0.6 is 0 Å². The molecular weight excluding hydrogens is 306 g/mol. The molecule has 24 heavy (non-hydrogen) atoms. The zero-order chi connectivity index (χ0) is 16.9. The second kappa shape index (κ2) is 6.70. The summed E-state index contributed by atoms with van der Waals surface area (Å²) in [6.45, 7) is 0. The first-order chi connectivity index (χ1) is 11.7. The highest BCUT2D eigenvalue weighted by molar-refractivity contribution is 6.07. The van der Waals surface area contributed by atoms with Crippen LogP contribution in [0.25, 0.3) is 10.8 Å². The van der Waals surface area contributed by atoms with E-state index in [1.54, 1.807) is 30.3 Å². The van der Waals surface area contributed by atoms with Crippen LogP contribution in [0.15, 0.2) is 71.8 Å². The number of nitro benzene ring substituents is 1. The molecule has 0 heterocycles. The molecule has 3 aromatic rings. The summed E-state index contributed by atoms with van der Waals surface area (Å²) in [5.74, 6) is -0.373. The van der Waals surface area contributed by atoms with Crippen molar-refractivity contribution in [3.63, 3.8) is 0 Å². The van der Waals surface area contributed by atoms with E-state index in [1.165, 1.54) is 12.3 Å². The van der Waals surface area contributed by atoms with E-state index in [1.807, 2.05) is 30.3 Å². The Labute approximate surface area is 137 Å². The summed E-state index contributed by atoms with van der Waals surface area (Å²) in [5, 5.41) is 16.6. The molecule has 0 saturated heterocycles. The monoisotopic (exact) mass is 319 g/mol. The third kappa shape index (κ3) is 3.12. The number of nitro groups is 1. The van der Waals surface area contributed by atoms with E-state index in [0.717, 1.165) is 10.8 Å². The lowest BCUT2D eigenvalue weighted by Crippen LogP contribution is -2.18. The molecule has 3 aromatic carbocycles. The SMILES string of the molecule is O=C(NN=Cc1ccccc1[N+](=O)[O-])c1cccc2ccccc12. The van der Waals surface area contributed by atoms with Crippen LogP contribution in [-0.2, 0) is 0 Å². The van der Waals surface area contributed by atoms with Gasteiger partial charge in [-0.05, 0) is 22.9 Å². The number of nitrogens with one attached hydrogen (secondary N) is 1. The lowest BCUT2D eigenvalue weighted by molar-refractivity contribution is -0.385. The number of hydrazone groups is 1. The molecule has 0 unspecified atom stereocenters. The topological polar surface area (TPSA) is 84.6 Å². The third-order valence-corrected chi connectivity index (χ3v) is 3.54. The summed E-state index contributed by atoms with van der Waals surface area (Å²) < 4.78 is 0. The third-order valence-electron chi connectivity index (χ3n) is 3.54. The van der Waals surface area contributed by atoms with E-state index < -0.39 is 4.92 Å². The highest BCUT2D eigenvalue weighted by Gasteiger charge is 2.11. The summed E-state index contributed by atoms with van der Waals surface area (Å²) in [7, 11) is 0. The molecule has 0 aromatic heterocycles. The Morgan fingerprint density at radius 1 is 1.00 bits per heavy atom. The van der Waals surface area contributed by atoms with E-state index in [9.17, 15) is 14.9 Å². The Kier molecular flexibility index (Phi) is 4.29. The lowest BCUT2D eigenvalue weighted by Gasteiger charge is -2.04. The summed E-state index contributed by atoms with van der Waals surface area (Å²) >= 11 is 0. The molecule has 0 aliphatic rings. The number of amides is 1. The summed E-state index contributed by atoms with van der Waals surface area (Å²) in [4.78, 5) is 22.8. The second-order valence-corrected chi connectivity index (χ2v) is 5.04. The number of rotatable bonds is 4. The molecule has 3 rings (SSSR count). The molecule has 1 amide bonds. The number of para-hydroxylation sites is 1. The fraction of sp³-hybridized carbons (Fsp3) is 0. The smallest absolute Gasteiger partial charge is 0.267 e. The molecule has 0 atom stereocenters. The molecule has 0 saturated carbocycles. The summed E-state index contributed by atoms with van der Waals surface area (Å²) in [6, 6.07) is 19.1. The number of hydrogen-bond acceptors (Lipinski definition) is 4. The second-order valence-electron chi connectivity index (χ2n) is 5.04. The average Bonchev–Trinajstić information content (AvgIpc) is 2.61. The predicted molar refractivity (Wildman–Crippen MR) is 92.1 cm³/mol. The quantitative estimate of drug-likeness (QED) is 0.453. The minimum Gasteiger partial charge on any atom is -0.267 e. The van der Waals surface area contributed by atoms with Gasteiger partial charge in [0.15, 0.2) is 0 Å². The van der Waals surface area contributed by atoms with Crippen molar-refractivity contribution in [2.24, 2.45) is 5.10 Å². The lowest BCUT2D eigenvalue weighted by atomic mass is 10.0. The van der Waals surface area contributed by atoms with E-state index in [-0.39, 0.29) is 11.6 Å². The molecule has 6 heteroatoms. The van der Waals surface area contributed by atoms with Crippen molar-refractivity contribution in [2.45, 2.75) is 0 Å². The first-order valence-electron chi connectivity index (χ1n) is 7.21. The van der Waals surface area contributed by atoms with Gasteiger partial charge in [0.2, 0.25) is 0 Å². The first kappa shape index (κ1) is 15.4. The molecule has 0 aliphatic heterocycles. The normalized spacial score (nSPS) is 10.8. The molecule has 0 spiro atoms. The van der Waals surface area contributed by atoms with Gasteiger partial charge < -0.3 is 0 Å². The van der Waals surface area contributed by atoms with E-state index >= 15 is 0 Å². The first-order valence-corrected chi connectivity index (χ1v) is 7.21. The molecule has 0 aliphatic carbocycles. The number of hydrogen-bond donors (Lipinski definition) is 1. The van der Waals surface area contributed by atoms with Gasteiger partial charge in [0.25, 0.3) is 11.6 Å². The molecule has 118 valence electrons. The van der Waals surface area contributed by atoms with Crippen LogP contribution in [0.3, 0.4) is 0 Å². The zero-order valence-corrected chi connectivity index (χ0v) is 12.5. The largest absolute Gasteiger partial charge is 0.278 e. The Morgan fingerprint density at radius 2 is 1.71 bits per heavy atom. The fourth-order valence-electron chi connectivity index (χ4n) is 2.41. The Morgan fingerprint density at radius 3 is 2.54 bits per heavy atom. The van der Waals surface area contributed by atoms with Gasteiger partial charge in [0.05, 0.1) is 16.7 Å². The average molecular weight is 319 g/mol. The van der Waals surface area contributed by atoms with Crippen LogP contribution in [-0.4, -0.2) is 17.0 Å². The molecule has 6 nitrogen and oxygen atoms in total. The highest BCUT2D eigenvalue weighted by atomic mass is 16.6. The number of fused-ring (bicyclic) bond motifs is 1. The van der Waals surface area contributed by atoms with Gasteiger partial charge >= 0.3 is 0 Å². The van der Waals surface area contributed by atoms with Crippen LogP contribution < -0.4 is 5.43 Å². The molecule has 0 fully saturated rings. The van der Waals surface area contributed by atoms with Gasteiger partial charge in [-0.1, -0.05) is 48.5 Å². The minimum atomic E-state index is -0.492. The summed E-state index contributed by atoms with van der Waals surface area (Å²) in [6.07, 6.45) is 1.27. The van der Waals surface area contributed by atoms with Gasteiger partial charge in [-0.25, -0.2) is 5.43 Å². The Hall–Kier alpha value is -3.54. The highest BCUT2D eigenvalue weighted by Crippen LogP contribution is 2.18. The van der Waals surface area contributed by atoms with E-state index in [0.29, 0.717) is 11.1 Å². The maximum absolute atomic E-state index is 12.3. The van der Waals surface area contributed by atoms with E-state index in [2.05, 4.69) is 10.5 Å². The van der Waals surface area contributed by atoms with Crippen molar-refractivity contribution >= 4 is 28.6 Å². The van der Waals surface area contributed by atoms with Crippen molar-refractivity contribution < 1.29 is 9.72 Å². The van der Waals surface area contributed by atoms with Crippen LogP contribution in [0, 0.1) is 10.1 Å². The van der Waals surface area contributed by atoms with Gasteiger partial charge in [0, 0.05) is 11.6 Å². The van der Waals surface area contributed by atoms with Gasteiger partial charge in [0.1, 0.15) is 0 Å². The minimum absolute atomic E-state index is 0.0688. The number of carbonyl (C=O) groups is 1. The standard InChI is InChI=1S/C18H13N3O3/c22-18(16-10-5-8-13-6-1-3-9-15(13)16)20-19-12-14-7-2-4-11-17(14)21(23)24/h1-12H,(H,20,22). The molecular formula is C18H13N3O3. The predicted octanol–water partition coefficient (Wildman–Crippen LogP) is 3.51. The van der Waals surface area contributed by atoms with Crippen LogP contribution in [0.5, 0.6) is 0 Å². The van der Waals surface area contributed by atoms with Crippen LogP contribution in [0.4, 0.5) is 5.69 Å². The van der Waals surface area contributed by atoms with Crippen molar-refractivity contribution in [2.75, 3.05) is 0 Å². The Bertz CT molecular complexity index is 946. The number of carbonyl (C=O) groups excluding carboxylic acids is 1. The zero-order valence-electron chi connectivity index (χ0n) is 12.5. The molecule has 0 bridgehead atoms. The van der Waals surface area contributed by atoms with Crippen molar-refractivity contribution in [1.82, 2.24) is 5.43 Å².